The number of hydrogen-bond donors (Lipinski definition) is 0. The molecule has 0 saturated carbocycles. The van der Waals surface area contributed by atoms with Gasteiger partial charge in [0.1, 0.15) is 0 Å². The summed E-state index contributed by atoms with van der Waals surface area (Å²) in [4.78, 5) is 14.4. The SMILES string of the molecule is CC1Cc2cccc(-c3ccc(N(C)C)cc3)c2C1=O. The summed E-state index contributed by atoms with van der Waals surface area (Å²) < 4.78 is 0. The lowest BCUT2D eigenvalue weighted by Gasteiger charge is -2.13. The van der Waals surface area contributed by atoms with Crippen LogP contribution in [0.5, 0.6) is 0 Å². The van der Waals surface area contributed by atoms with Gasteiger partial charge in [-0.15, -0.1) is 0 Å². The second-order valence-corrected chi connectivity index (χ2v) is 5.75. The first-order valence-corrected chi connectivity index (χ1v) is 7.02. The van der Waals surface area contributed by atoms with E-state index >= 15 is 0 Å². The van der Waals surface area contributed by atoms with Gasteiger partial charge in [-0.1, -0.05) is 37.3 Å². The Balaban J connectivity index is 2.08. The maximum absolute atomic E-state index is 12.4. The van der Waals surface area contributed by atoms with Crippen LogP contribution in [0.25, 0.3) is 11.1 Å². The first-order valence-electron chi connectivity index (χ1n) is 7.02. The van der Waals surface area contributed by atoms with Crippen LogP contribution in [0.2, 0.25) is 0 Å². The Kier molecular flexibility index (Phi) is 3.09. The van der Waals surface area contributed by atoms with E-state index in [1.807, 2.05) is 21.0 Å². The Morgan fingerprint density at radius 3 is 2.40 bits per heavy atom. The quantitative estimate of drug-likeness (QED) is 0.823. The number of benzene rings is 2. The molecule has 0 N–H and O–H groups in total. The summed E-state index contributed by atoms with van der Waals surface area (Å²) >= 11 is 0. The zero-order valence-electron chi connectivity index (χ0n) is 12.2. The Morgan fingerprint density at radius 2 is 1.75 bits per heavy atom. The molecule has 0 amide bonds. The van der Waals surface area contributed by atoms with E-state index in [1.165, 1.54) is 11.3 Å². The highest BCUT2D eigenvalue weighted by Gasteiger charge is 2.29. The van der Waals surface area contributed by atoms with Gasteiger partial charge in [0.15, 0.2) is 5.78 Å². The summed E-state index contributed by atoms with van der Waals surface area (Å²) in [5.74, 6) is 0.402. The molecular weight excluding hydrogens is 246 g/mol. The number of carbonyl (C=O) groups excluding carboxylic acids is 1. The summed E-state index contributed by atoms with van der Waals surface area (Å²) in [5.41, 5.74) is 5.48. The number of carbonyl (C=O) groups is 1. The molecule has 1 atom stereocenters. The first-order chi connectivity index (χ1) is 9.58. The molecule has 2 nitrogen and oxygen atoms in total. The molecule has 0 radical (unpaired) electrons. The highest BCUT2D eigenvalue weighted by molar-refractivity contribution is 6.07. The number of nitrogens with zero attached hydrogens (tertiary/aromatic N) is 1. The van der Waals surface area contributed by atoms with Crippen LogP contribution in [0.1, 0.15) is 22.8 Å². The average molecular weight is 265 g/mol. The van der Waals surface area contributed by atoms with E-state index in [1.54, 1.807) is 0 Å². The van der Waals surface area contributed by atoms with Gasteiger partial charge in [-0.05, 0) is 35.2 Å². The number of anilines is 1. The van der Waals surface area contributed by atoms with E-state index in [0.717, 1.165) is 23.1 Å². The number of ketones is 1. The Labute approximate surface area is 120 Å². The Morgan fingerprint density at radius 1 is 1.05 bits per heavy atom. The number of hydrogen-bond acceptors (Lipinski definition) is 2. The molecule has 0 bridgehead atoms. The fourth-order valence-corrected chi connectivity index (χ4v) is 2.91. The van der Waals surface area contributed by atoms with Crippen LogP contribution in [0.4, 0.5) is 5.69 Å². The van der Waals surface area contributed by atoms with Crippen molar-refractivity contribution in [2.24, 2.45) is 5.92 Å². The molecule has 2 heteroatoms. The monoisotopic (exact) mass is 265 g/mol. The molecule has 2 aromatic carbocycles. The molecule has 0 heterocycles. The molecule has 0 aromatic heterocycles. The molecule has 1 aliphatic carbocycles. The second-order valence-electron chi connectivity index (χ2n) is 5.75. The molecule has 102 valence electrons. The number of Topliss-reactive ketones (excluding diaryl/α,β-unsaturated/α-hetero) is 1. The van der Waals surface area contributed by atoms with Gasteiger partial charge in [0.05, 0.1) is 0 Å². The lowest BCUT2D eigenvalue weighted by Crippen LogP contribution is -2.08. The third kappa shape index (κ3) is 2.01. The van der Waals surface area contributed by atoms with Crippen LogP contribution in [-0.2, 0) is 6.42 Å². The summed E-state index contributed by atoms with van der Waals surface area (Å²) in [6, 6.07) is 14.6. The predicted molar refractivity (Wildman–Crippen MR) is 83.4 cm³/mol. The fraction of sp³-hybridized carbons (Fsp3) is 0.278. The molecule has 20 heavy (non-hydrogen) atoms. The largest absolute Gasteiger partial charge is 0.378 e. The van der Waals surface area contributed by atoms with E-state index in [9.17, 15) is 4.79 Å². The van der Waals surface area contributed by atoms with E-state index in [-0.39, 0.29) is 11.7 Å². The fourth-order valence-electron chi connectivity index (χ4n) is 2.91. The number of rotatable bonds is 2. The van der Waals surface area contributed by atoms with Crippen molar-refractivity contribution in [2.45, 2.75) is 13.3 Å². The van der Waals surface area contributed by atoms with Crippen LogP contribution >= 0.6 is 0 Å². The van der Waals surface area contributed by atoms with Crippen molar-refractivity contribution in [2.75, 3.05) is 19.0 Å². The Hall–Kier alpha value is -2.09. The normalized spacial score (nSPS) is 17.1. The van der Waals surface area contributed by atoms with Gasteiger partial charge in [0.25, 0.3) is 0 Å². The van der Waals surface area contributed by atoms with Gasteiger partial charge in [0.2, 0.25) is 0 Å². The molecule has 0 aliphatic heterocycles. The number of fused-ring (bicyclic) bond motifs is 1. The summed E-state index contributed by atoms with van der Waals surface area (Å²) in [7, 11) is 4.06. The maximum Gasteiger partial charge on any atom is 0.166 e. The van der Waals surface area contributed by atoms with Crippen molar-refractivity contribution in [3.63, 3.8) is 0 Å². The van der Waals surface area contributed by atoms with Gasteiger partial charge in [-0.25, -0.2) is 0 Å². The Bertz CT molecular complexity index is 656. The molecule has 0 saturated heterocycles. The maximum atomic E-state index is 12.4. The predicted octanol–water partition coefficient (Wildman–Crippen LogP) is 3.79. The van der Waals surface area contributed by atoms with Gasteiger partial charge >= 0.3 is 0 Å². The lowest BCUT2D eigenvalue weighted by molar-refractivity contribution is 0.0947. The van der Waals surface area contributed by atoms with E-state index < -0.39 is 0 Å². The summed E-state index contributed by atoms with van der Waals surface area (Å²) in [5, 5.41) is 0. The van der Waals surface area contributed by atoms with E-state index in [2.05, 4.69) is 47.4 Å². The van der Waals surface area contributed by atoms with Crippen LogP contribution < -0.4 is 4.90 Å². The topological polar surface area (TPSA) is 20.3 Å². The van der Waals surface area contributed by atoms with Crippen molar-refractivity contribution in [3.8, 4) is 11.1 Å². The van der Waals surface area contributed by atoms with Gasteiger partial charge < -0.3 is 4.90 Å². The third-order valence-electron chi connectivity index (χ3n) is 4.07. The molecule has 0 spiro atoms. The van der Waals surface area contributed by atoms with Crippen LogP contribution in [0, 0.1) is 5.92 Å². The lowest BCUT2D eigenvalue weighted by atomic mass is 9.96. The smallest absolute Gasteiger partial charge is 0.166 e. The third-order valence-corrected chi connectivity index (χ3v) is 4.07. The summed E-state index contributed by atoms with van der Waals surface area (Å²) in [6.45, 7) is 2.02. The standard InChI is InChI=1S/C18H19NO/c1-12-11-14-5-4-6-16(17(14)18(12)20)13-7-9-15(10-8-13)19(2)3/h4-10,12H,11H2,1-3H3. The molecule has 3 rings (SSSR count). The van der Waals surface area contributed by atoms with Crippen molar-refractivity contribution in [3.05, 3.63) is 53.6 Å². The highest BCUT2D eigenvalue weighted by atomic mass is 16.1. The molecule has 1 aliphatic rings. The average Bonchev–Trinajstić information content (AvgIpc) is 2.74. The molecular formula is C18H19NO. The van der Waals surface area contributed by atoms with Crippen LogP contribution in [0.3, 0.4) is 0 Å². The van der Waals surface area contributed by atoms with Gasteiger partial charge in [-0.3, -0.25) is 4.79 Å². The van der Waals surface area contributed by atoms with Crippen LogP contribution in [-0.4, -0.2) is 19.9 Å². The van der Waals surface area contributed by atoms with Crippen molar-refractivity contribution in [1.82, 2.24) is 0 Å². The van der Waals surface area contributed by atoms with E-state index in [0.29, 0.717) is 0 Å². The minimum atomic E-state index is 0.118. The van der Waals surface area contributed by atoms with Gasteiger partial charge in [-0.2, -0.15) is 0 Å². The zero-order chi connectivity index (χ0) is 14.3. The van der Waals surface area contributed by atoms with Crippen molar-refractivity contribution in [1.29, 1.82) is 0 Å². The zero-order valence-corrected chi connectivity index (χ0v) is 12.2. The molecule has 1 unspecified atom stereocenters. The summed E-state index contributed by atoms with van der Waals surface area (Å²) in [6.07, 6.45) is 0.873. The first kappa shape index (κ1) is 12.9. The van der Waals surface area contributed by atoms with Crippen molar-refractivity contribution < 1.29 is 4.79 Å². The molecule has 0 fully saturated rings. The highest BCUT2D eigenvalue weighted by Crippen LogP contribution is 2.35. The van der Waals surface area contributed by atoms with Crippen LogP contribution in [0.15, 0.2) is 42.5 Å². The minimum absolute atomic E-state index is 0.118. The van der Waals surface area contributed by atoms with Gasteiger partial charge in [0, 0.05) is 31.3 Å². The molecule has 2 aromatic rings. The minimum Gasteiger partial charge on any atom is -0.378 e. The second kappa shape index (κ2) is 4.78. The van der Waals surface area contributed by atoms with E-state index in [4.69, 9.17) is 0 Å². The van der Waals surface area contributed by atoms with Crippen molar-refractivity contribution >= 4 is 11.5 Å².